The van der Waals surface area contributed by atoms with Crippen LogP contribution >= 0.6 is 11.6 Å². The number of aliphatic hydroxyl groups excluding tert-OH is 3. The number of anilines is 1. The van der Waals surface area contributed by atoms with Crippen LogP contribution in [0.2, 0.25) is 5.28 Å². The minimum atomic E-state index is -1.27. The average molecular weight is 408 g/mol. The van der Waals surface area contributed by atoms with Gasteiger partial charge in [0.25, 0.3) is 0 Å². The van der Waals surface area contributed by atoms with Crippen molar-refractivity contribution >= 4 is 28.6 Å². The lowest BCUT2D eigenvalue weighted by Gasteiger charge is -2.16. The Morgan fingerprint density at radius 1 is 1.18 bits per heavy atom. The molecule has 0 aliphatic carbocycles. The maximum absolute atomic E-state index is 10.2. The van der Waals surface area contributed by atoms with E-state index in [1.807, 2.05) is 30.3 Å². The number of fused-ring (bicyclic) bond motifs is 1. The van der Waals surface area contributed by atoms with E-state index in [1.165, 1.54) is 10.9 Å². The highest BCUT2D eigenvalue weighted by Gasteiger charge is 2.44. The van der Waals surface area contributed by atoms with Gasteiger partial charge in [-0.25, -0.2) is 10.5 Å². The van der Waals surface area contributed by atoms with Gasteiger partial charge in [0.05, 0.1) is 19.5 Å². The van der Waals surface area contributed by atoms with Crippen LogP contribution in [-0.4, -0.2) is 59.8 Å². The molecule has 3 aromatic rings. The van der Waals surface area contributed by atoms with Gasteiger partial charge < -0.3 is 20.1 Å². The van der Waals surface area contributed by atoms with Crippen LogP contribution in [0, 0.1) is 0 Å². The summed E-state index contributed by atoms with van der Waals surface area (Å²) in [5, 5.41) is 29.4. The first-order valence-electron chi connectivity index (χ1n) is 8.52. The lowest BCUT2D eigenvalue weighted by Crippen LogP contribution is -2.33. The van der Waals surface area contributed by atoms with Crippen LogP contribution in [0.4, 0.5) is 5.82 Å². The number of nitrogens with zero attached hydrogens (tertiary/aromatic N) is 4. The predicted molar refractivity (Wildman–Crippen MR) is 98.2 cm³/mol. The smallest absolute Gasteiger partial charge is 0.226 e. The van der Waals surface area contributed by atoms with E-state index >= 15 is 0 Å². The molecule has 0 spiro atoms. The second kappa shape index (κ2) is 7.95. The van der Waals surface area contributed by atoms with Crippen LogP contribution in [0.15, 0.2) is 36.7 Å². The van der Waals surface area contributed by atoms with E-state index in [0.717, 1.165) is 5.56 Å². The molecule has 1 aliphatic rings. The molecule has 4 atom stereocenters. The summed E-state index contributed by atoms with van der Waals surface area (Å²) >= 11 is 6.02. The third-order valence-corrected chi connectivity index (χ3v) is 4.60. The van der Waals surface area contributed by atoms with Crippen molar-refractivity contribution in [3.63, 3.8) is 0 Å². The summed E-state index contributed by atoms with van der Waals surface area (Å²) < 4.78 is 6.95. The van der Waals surface area contributed by atoms with Crippen LogP contribution in [0.25, 0.3) is 11.2 Å². The van der Waals surface area contributed by atoms with Gasteiger partial charge in [-0.2, -0.15) is 9.97 Å². The summed E-state index contributed by atoms with van der Waals surface area (Å²) in [5.74, 6) is 0.247. The topological polar surface area (TPSA) is 135 Å². The molecule has 10 nitrogen and oxygen atoms in total. The minimum absolute atomic E-state index is 0.0631. The highest BCUT2D eigenvalue weighted by molar-refractivity contribution is 6.28. The SMILES string of the molecule is OC[C@H]1O[C@@H](n2cnc3c(NOCc4ccccc4)nc(Cl)nc32)[C@H](O)[C@@H]1O. The first-order chi connectivity index (χ1) is 13.6. The summed E-state index contributed by atoms with van der Waals surface area (Å²) in [5.41, 5.74) is 4.30. The minimum Gasteiger partial charge on any atom is -0.394 e. The Bertz CT molecular complexity index is 956. The Balaban J connectivity index is 1.58. The highest BCUT2D eigenvalue weighted by atomic mass is 35.5. The quantitative estimate of drug-likeness (QED) is 0.343. The van der Waals surface area contributed by atoms with Gasteiger partial charge in [0.15, 0.2) is 23.2 Å². The third kappa shape index (κ3) is 3.53. The van der Waals surface area contributed by atoms with Crippen molar-refractivity contribution in [3.05, 3.63) is 47.5 Å². The average Bonchev–Trinajstić information content (AvgIpc) is 3.24. The van der Waals surface area contributed by atoms with E-state index in [-0.39, 0.29) is 16.7 Å². The zero-order chi connectivity index (χ0) is 19.7. The van der Waals surface area contributed by atoms with Gasteiger partial charge in [-0.05, 0) is 17.2 Å². The maximum atomic E-state index is 10.2. The van der Waals surface area contributed by atoms with Crippen molar-refractivity contribution in [3.8, 4) is 0 Å². The molecule has 0 radical (unpaired) electrons. The Morgan fingerprint density at radius 3 is 2.68 bits per heavy atom. The standard InChI is InChI=1S/C17H18ClN5O5/c18-17-20-14(22-27-7-9-4-2-1-3-5-9)11-15(21-17)23(8-19-11)16-13(26)12(25)10(6-24)28-16/h1-5,8,10,12-13,16,24-26H,6-7H2,(H,20,21,22)/t10-,12-,13-,16-/m1/s1. The lowest BCUT2D eigenvalue weighted by molar-refractivity contribution is -0.0511. The predicted octanol–water partition coefficient (Wildman–Crippen LogP) is 0.635. The lowest BCUT2D eigenvalue weighted by atomic mass is 10.1. The number of aromatic nitrogens is 4. The van der Waals surface area contributed by atoms with Crippen molar-refractivity contribution in [1.82, 2.24) is 19.5 Å². The fraction of sp³-hybridized carbons (Fsp3) is 0.353. The van der Waals surface area contributed by atoms with Crippen LogP contribution in [0.1, 0.15) is 11.8 Å². The Kier molecular flexibility index (Phi) is 5.40. The summed E-state index contributed by atoms with van der Waals surface area (Å²) in [7, 11) is 0. The van der Waals surface area contributed by atoms with Gasteiger partial charge in [-0.1, -0.05) is 30.3 Å². The van der Waals surface area contributed by atoms with Gasteiger partial charge in [0.2, 0.25) is 5.28 Å². The van der Waals surface area contributed by atoms with Gasteiger partial charge in [-0.15, -0.1) is 0 Å². The molecule has 1 fully saturated rings. The summed E-state index contributed by atoms with van der Waals surface area (Å²) in [6.07, 6.45) is -3.02. The first kappa shape index (κ1) is 19.0. The monoisotopic (exact) mass is 407 g/mol. The van der Waals surface area contributed by atoms with E-state index in [0.29, 0.717) is 12.1 Å². The molecule has 148 valence electrons. The van der Waals surface area contributed by atoms with E-state index in [9.17, 15) is 15.3 Å². The number of rotatable bonds is 6. The van der Waals surface area contributed by atoms with Gasteiger partial charge in [0.1, 0.15) is 18.3 Å². The fourth-order valence-corrected chi connectivity index (χ4v) is 3.18. The van der Waals surface area contributed by atoms with Crippen molar-refractivity contribution in [2.75, 3.05) is 12.1 Å². The largest absolute Gasteiger partial charge is 0.394 e. The Hall–Kier alpha value is -2.34. The number of halogens is 1. The molecule has 0 unspecified atom stereocenters. The Labute approximate surface area is 164 Å². The first-order valence-corrected chi connectivity index (χ1v) is 8.90. The number of hydrogen-bond acceptors (Lipinski definition) is 9. The van der Waals surface area contributed by atoms with Gasteiger partial charge >= 0.3 is 0 Å². The second-order valence-corrected chi connectivity index (χ2v) is 6.61. The third-order valence-electron chi connectivity index (χ3n) is 4.44. The molecular formula is C17H18ClN5O5. The summed E-state index contributed by atoms with van der Waals surface area (Å²) in [6, 6.07) is 9.55. The van der Waals surface area contributed by atoms with Crippen molar-refractivity contribution in [2.24, 2.45) is 0 Å². The molecule has 11 heteroatoms. The van der Waals surface area contributed by atoms with E-state index in [2.05, 4.69) is 20.4 Å². The van der Waals surface area contributed by atoms with E-state index in [4.69, 9.17) is 21.2 Å². The zero-order valence-corrected chi connectivity index (χ0v) is 15.3. The highest BCUT2D eigenvalue weighted by Crippen LogP contribution is 2.32. The molecular weight excluding hydrogens is 390 g/mol. The molecule has 1 saturated heterocycles. The van der Waals surface area contributed by atoms with Crippen LogP contribution in [0.3, 0.4) is 0 Å². The molecule has 0 saturated carbocycles. The second-order valence-electron chi connectivity index (χ2n) is 6.27. The van der Waals surface area contributed by atoms with Crippen LogP contribution < -0.4 is 5.48 Å². The number of benzene rings is 1. The van der Waals surface area contributed by atoms with Gasteiger partial charge in [-0.3, -0.25) is 9.40 Å². The van der Waals surface area contributed by atoms with Crippen LogP contribution in [-0.2, 0) is 16.2 Å². The van der Waals surface area contributed by atoms with Gasteiger partial charge in [0, 0.05) is 0 Å². The number of hydrogen-bond donors (Lipinski definition) is 4. The molecule has 1 aromatic carbocycles. The number of ether oxygens (including phenoxy) is 1. The number of aliphatic hydroxyl groups is 3. The van der Waals surface area contributed by atoms with Crippen molar-refractivity contribution in [1.29, 1.82) is 0 Å². The number of nitrogens with one attached hydrogen (secondary N) is 1. The maximum Gasteiger partial charge on any atom is 0.226 e. The van der Waals surface area contributed by atoms with E-state index < -0.39 is 31.1 Å². The molecule has 4 N–H and O–H groups in total. The summed E-state index contributed by atoms with van der Waals surface area (Å²) in [6.45, 7) is -0.142. The fourth-order valence-electron chi connectivity index (χ4n) is 3.02. The zero-order valence-electron chi connectivity index (χ0n) is 14.5. The normalized spacial score (nSPS) is 24.7. The Morgan fingerprint density at radius 2 is 1.96 bits per heavy atom. The molecule has 2 aromatic heterocycles. The molecule has 1 aliphatic heterocycles. The molecule has 4 rings (SSSR count). The molecule has 0 bridgehead atoms. The molecule has 3 heterocycles. The number of imidazole rings is 1. The summed E-state index contributed by atoms with van der Waals surface area (Å²) in [4.78, 5) is 17.9. The van der Waals surface area contributed by atoms with E-state index in [1.54, 1.807) is 0 Å². The van der Waals surface area contributed by atoms with Crippen molar-refractivity contribution < 1.29 is 24.9 Å². The molecule has 0 amide bonds. The molecule has 28 heavy (non-hydrogen) atoms. The van der Waals surface area contributed by atoms with Crippen molar-refractivity contribution in [2.45, 2.75) is 31.1 Å². The van der Waals surface area contributed by atoms with Crippen LogP contribution in [0.5, 0.6) is 0 Å².